The first kappa shape index (κ1) is 50.4. The van der Waals surface area contributed by atoms with E-state index in [1.807, 2.05) is 0 Å². The van der Waals surface area contributed by atoms with Crippen molar-refractivity contribution in [1.82, 2.24) is 9.13 Å². The van der Waals surface area contributed by atoms with Crippen LogP contribution in [0.4, 0.5) is 0 Å². The lowest BCUT2D eigenvalue weighted by Gasteiger charge is -2.20. The summed E-state index contributed by atoms with van der Waals surface area (Å²) in [4.78, 5) is 30.3. The summed E-state index contributed by atoms with van der Waals surface area (Å²) in [5.74, 6) is 0.966. The van der Waals surface area contributed by atoms with Gasteiger partial charge in [0.25, 0.3) is 11.1 Å². The number of nitrogens with zero attached hydrogens (tertiary/aromatic N) is 2. The highest BCUT2D eigenvalue weighted by molar-refractivity contribution is 9.11. The Morgan fingerprint density at radius 3 is 0.984 bits per heavy atom. The molecule has 0 bridgehead atoms. The molecule has 0 aliphatic heterocycles. The molecule has 6 rings (SSSR count). The first-order chi connectivity index (χ1) is 30.3. The second kappa shape index (κ2) is 26.3. The average molecular weight is 1050 g/mol. The van der Waals surface area contributed by atoms with Gasteiger partial charge in [-0.3, -0.25) is 9.59 Å². The molecule has 0 spiro atoms. The second-order valence-corrected chi connectivity index (χ2v) is 25.5. The number of aromatic nitrogens is 2. The van der Waals surface area contributed by atoms with Crippen molar-refractivity contribution in [2.45, 2.75) is 221 Å². The summed E-state index contributed by atoms with van der Waals surface area (Å²) in [6.07, 6.45) is 35.9. The Morgan fingerprint density at radius 1 is 0.403 bits per heavy atom. The fourth-order valence-corrected chi connectivity index (χ4v) is 16.3. The van der Waals surface area contributed by atoms with E-state index >= 15 is 9.59 Å². The van der Waals surface area contributed by atoms with Crippen LogP contribution < -0.4 is 11.1 Å². The van der Waals surface area contributed by atoms with Crippen molar-refractivity contribution in [3.8, 4) is 0 Å². The first-order valence-corrected chi connectivity index (χ1v) is 30.0. The summed E-state index contributed by atoms with van der Waals surface area (Å²) in [7, 11) is 0. The van der Waals surface area contributed by atoms with Gasteiger partial charge in [-0.2, -0.15) is 0 Å². The molecule has 0 saturated carbocycles. The smallest absolute Gasteiger partial charge is 0.261 e. The summed E-state index contributed by atoms with van der Waals surface area (Å²) in [5.41, 5.74) is 2.38. The number of pyridine rings is 2. The van der Waals surface area contributed by atoms with Crippen molar-refractivity contribution in [2.24, 2.45) is 11.8 Å². The number of rotatable bonds is 32. The molecule has 0 radical (unpaired) electrons. The fraction of sp³-hybridized carbons (Fsp3) is 0.692. The molecule has 0 aliphatic carbocycles. The van der Waals surface area contributed by atoms with E-state index in [0.29, 0.717) is 11.8 Å². The molecule has 4 nitrogen and oxygen atoms in total. The van der Waals surface area contributed by atoms with Crippen LogP contribution in [0.1, 0.15) is 207 Å². The van der Waals surface area contributed by atoms with Crippen molar-refractivity contribution < 1.29 is 0 Å². The third-order valence-corrected chi connectivity index (χ3v) is 19.7. The zero-order valence-corrected chi connectivity index (χ0v) is 45.1. The van der Waals surface area contributed by atoms with E-state index in [4.69, 9.17) is 0 Å². The Bertz CT molecular complexity index is 2200. The summed E-state index contributed by atoms with van der Waals surface area (Å²) in [5, 5.41) is 1.68. The van der Waals surface area contributed by atoms with Crippen LogP contribution in [0.15, 0.2) is 29.3 Å². The quantitative estimate of drug-likeness (QED) is 0.0395. The Morgan fingerprint density at radius 2 is 0.677 bits per heavy atom. The highest BCUT2D eigenvalue weighted by Gasteiger charge is 2.27. The third kappa shape index (κ3) is 13.1. The molecule has 0 atom stereocenters. The van der Waals surface area contributed by atoms with Gasteiger partial charge >= 0.3 is 0 Å². The molecule has 6 heterocycles. The molecule has 6 aromatic rings. The van der Waals surface area contributed by atoms with Crippen LogP contribution in [0.5, 0.6) is 0 Å². The first-order valence-electron chi connectivity index (χ1n) is 25.1. The second-order valence-electron chi connectivity index (χ2n) is 18.6. The lowest BCUT2D eigenvalue weighted by molar-refractivity contribution is 0.358. The fourth-order valence-electron chi connectivity index (χ4n) is 9.95. The predicted molar refractivity (Wildman–Crippen MR) is 288 cm³/mol. The minimum Gasteiger partial charge on any atom is -0.306 e. The van der Waals surface area contributed by atoms with Gasteiger partial charge < -0.3 is 9.13 Å². The van der Waals surface area contributed by atoms with E-state index in [-0.39, 0.29) is 11.1 Å². The summed E-state index contributed by atoms with van der Waals surface area (Å²) in [6.45, 7) is 10.7. The molecule has 0 saturated heterocycles. The summed E-state index contributed by atoms with van der Waals surface area (Å²) >= 11 is 14.6. The maximum absolute atomic E-state index is 15.1. The van der Waals surface area contributed by atoms with Crippen LogP contribution in [0.2, 0.25) is 0 Å². The number of fused-ring (bicyclic) bond motifs is 9. The van der Waals surface area contributed by atoms with Crippen molar-refractivity contribution in [1.29, 1.82) is 0 Å². The maximum Gasteiger partial charge on any atom is 0.261 e. The Balaban J connectivity index is 1.37. The highest BCUT2D eigenvalue weighted by atomic mass is 79.9. The minimum absolute atomic E-state index is 0.133. The van der Waals surface area contributed by atoms with Crippen LogP contribution in [0.3, 0.4) is 0 Å². The SMILES string of the molecule is CCCCCCCCC(CCCCCCCC)Cn1c(=O)c2c3sc4c5sc(Br)cc5n(CC(CCCCCCCC)CCCCCCCC)c(=O)c4c3sc2c2sc(Br)cc21. The normalized spacial score (nSPS) is 12.5. The molecular formula is C52H76Br2N2O2S4. The number of halogens is 2. The standard InChI is InChI=1S/C52H76Br2N2O2S4/c1-5-9-13-17-21-25-29-37(30-26-22-18-14-10-6-2)35-55-39-33-41(53)59-45(39)47-43(51(55)57)49-50(61-47)44-48(62-49)46-40(34-42(54)60-46)56(52(44)58)36-38(31-27-23-19-15-11-7-3)32-28-24-20-16-12-8-4/h33-34,37-38H,5-32,35-36H2,1-4H3. The van der Waals surface area contributed by atoms with Crippen molar-refractivity contribution >= 4 is 127 Å². The number of hydrogen-bond donors (Lipinski definition) is 0. The predicted octanol–water partition coefficient (Wildman–Crippen LogP) is 19.8. The van der Waals surface area contributed by atoms with E-state index in [2.05, 4.69) is 80.8 Å². The van der Waals surface area contributed by atoms with Crippen LogP contribution in [-0.2, 0) is 13.1 Å². The van der Waals surface area contributed by atoms with Gasteiger partial charge in [0.1, 0.15) is 0 Å². The molecule has 6 aromatic heterocycles. The summed E-state index contributed by atoms with van der Waals surface area (Å²) in [6, 6.07) is 4.37. The summed E-state index contributed by atoms with van der Waals surface area (Å²) < 4.78 is 13.0. The topological polar surface area (TPSA) is 44.0 Å². The molecule has 0 unspecified atom stereocenters. The van der Waals surface area contributed by atoms with Crippen LogP contribution in [0.25, 0.3) is 50.0 Å². The van der Waals surface area contributed by atoms with Crippen molar-refractivity contribution in [2.75, 3.05) is 0 Å². The van der Waals surface area contributed by atoms with Gasteiger partial charge in [0.05, 0.1) is 57.6 Å². The zero-order valence-electron chi connectivity index (χ0n) is 38.6. The lowest BCUT2D eigenvalue weighted by atomic mass is 9.93. The Labute approximate surface area is 405 Å². The lowest BCUT2D eigenvalue weighted by Crippen LogP contribution is -2.24. The van der Waals surface area contributed by atoms with Gasteiger partial charge in [0.2, 0.25) is 0 Å². The van der Waals surface area contributed by atoms with Crippen molar-refractivity contribution in [3.63, 3.8) is 0 Å². The van der Waals surface area contributed by atoms with Gasteiger partial charge in [-0.05, 0) is 81.5 Å². The monoisotopic (exact) mass is 1050 g/mol. The van der Waals surface area contributed by atoms with E-state index in [9.17, 15) is 0 Å². The Hall–Kier alpha value is -1.04. The highest BCUT2D eigenvalue weighted by Crippen LogP contribution is 2.49. The molecular weight excluding hydrogens is 973 g/mol. The average Bonchev–Trinajstić information content (AvgIpc) is 4.03. The van der Waals surface area contributed by atoms with Crippen molar-refractivity contribution in [3.05, 3.63) is 40.4 Å². The minimum atomic E-state index is 0.133. The maximum atomic E-state index is 15.1. The molecule has 62 heavy (non-hydrogen) atoms. The molecule has 0 aromatic carbocycles. The molecule has 0 fully saturated rings. The number of thiophene rings is 4. The molecule has 0 aliphatic rings. The molecule has 344 valence electrons. The molecule has 10 heteroatoms. The van der Waals surface area contributed by atoms with Crippen LogP contribution in [-0.4, -0.2) is 9.13 Å². The van der Waals surface area contributed by atoms with Gasteiger partial charge in [0, 0.05) is 13.1 Å². The Kier molecular flexibility index (Phi) is 21.4. The van der Waals surface area contributed by atoms with E-state index in [1.165, 1.54) is 189 Å². The van der Waals surface area contributed by atoms with Crippen LogP contribution >= 0.6 is 77.2 Å². The number of unbranched alkanes of at least 4 members (excludes halogenated alkanes) is 20. The zero-order chi connectivity index (χ0) is 43.8. The van der Waals surface area contributed by atoms with Crippen LogP contribution in [0, 0.1) is 11.8 Å². The van der Waals surface area contributed by atoms with Gasteiger partial charge in [-0.25, -0.2) is 0 Å². The van der Waals surface area contributed by atoms with E-state index in [1.54, 1.807) is 45.3 Å². The van der Waals surface area contributed by atoms with Gasteiger partial charge in [0.15, 0.2) is 0 Å². The molecule has 0 N–H and O–H groups in total. The molecule has 0 amide bonds. The third-order valence-electron chi connectivity index (χ3n) is 13.5. The van der Waals surface area contributed by atoms with Gasteiger partial charge in [-0.1, -0.05) is 182 Å². The van der Waals surface area contributed by atoms with E-state index < -0.39 is 0 Å². The van der Waals surface area contributed by atoms with Gasteiger partial charge in [-0.15, -0.1) is 45.3 Å². The van der Waals surface area contributed by atoms with E-state index in [0.717, 1.165) is 61.3 Å². The largest absolute Gasteiger partial charge is 0.306 e. The number of hydrogen-bond acceptors (Lipinski definition) is 6.